The number of aromatic amines is 1. The summed E-state index contributed by atoms with van der Waals surface area (Å²) in [4.78, 5) is 2.20. The molecule has 5 rings (SSSR count). The molecule has 11 heteroatoms. The lowest BCUT2D eigenvalue weighted by Crippen LogP contribution is -2.33. The van der Waals surface area contributed by atoms with Crippen molar-refractivity contribution in [2.75, 3.05) is 18.1 Å². The molecule has 4 aromatic rings. The first-order chi connectivity index (χ1) is 14.6. The Morgan fingerprint density at radius 1 is 1.33 bits per heavy atom. The molecule has 30 heavy (non-hydrogen) atoms. The van der Waals surface area contributed by atoms with Crippen molar-refractivity contribution in [2.24, 2.45) is 0 Å². The van der Waals surface area contributed by atoms with E-state index in [2.05, 4.69) is 29.9 Å². The number of ether oxygens (including phenoxy) is 1. The molecule has 8 nitrogen and oxygen atoms in total. The van der Waals surface area contributed by atoms with Gasteiger partial charge >= 0.3 is 0 Å². The summed E-state index contributed by atoms with van der Waals surface area (Å²) in [6, 6.07) is 3.69. The Balaban J connectivity index is 1.77. The lowest BCUT2D eigenvalue weighted by Gasteiger charge is -2.29. The number of nitrogens with one attached hydrogen (secondary N) is 1. The van der Waals surface area contributed by atoms with Gasteiger partial charge in [0.05, 0.1) is 33.7 Å². The fourth-order valence-corrected chi connectivity index (χ4v) is 5.04. The Morgan fingerprint density at radius 2 is 2.20 bits per heavy atom. The van der Waals surface area contributed by atoms with Gasteiger partial charge in [0.25, 0.3) is 0 Å². The third kappa shape index (κ3) is 2.99. The summed E-state index contributed by atoms with van der Waals surface area (Å²) in [6.45, 7) is 3.93. The molecule has 4 heterocycles. The largest absolute Gasteiger partial charge is 0.478 e. The summed E-state index contributed by atoms with van der Waals surface area (Å²) in [5, 5.41) is 28.0. The SMILES string of the molecule is Cc1nnc(N2CCn3c(c(-c4cn[nH]c4)c4c(OCC#N)cc(Cl)c(Cl)c43)C2)s1. The van der Waals surface area contributed by atoms with Gasteiger partial charge < -0.3 is 14.2 Å². The summed E-state index contributed by atoms with van der Waals surface area (Å²) < 4.78 is 7.93. The van der Waals surface area contributed by atoms with Crippen LogP contribution in [0.3, 0.4) is 0 Å². The van der Waals surface area contributed by atoms with Crippen LogP contribution in [0.2, 0.25) is 10.0 Å². The molecule has 1 aromatic carbocycles. The van der Waals surface area contributed by atoms with Crippen molar-refractivity contribution in [2.45, 2.75) is 20.0 Å². The van der Waals surface area contributed by atoms with Crippen molar-refractivity contribution in [3.05, 3.63) is 39.2 Å². The van der Waals surface area contributed by atoms with E-state index >= 15 is 0 Å². The topological polar surface area (TPSA) is 95.7 Å². The number of anilines is 1. The minimum Gasteiger partial charge on any atom is -0.478 e. The third-order valence-corrected chi connectivity index (χ3v) is 6.77. The Morgan fingerprint density at radius 3 is 2.90 bits per heavy atom. The maximum absolute atomic E-state index is 9.03. The van der Waals surface area contributed by atoms with Gasteiger partial charge in [0.15, 0.2) is 6.61 Å². The van der Waals surface area contributed by atoms with Gasteiger partial charge in [0.2, 0.25) is 5.13 Å². The third-order valence-electron chi connectivity index (χ3n) is 5.09. The second-order valence-electron chi connectivity index (χ2n) is 6.83. The molecule has 0 spiro atoms. The summed E-state index contributed by atoms with van der Waals surface area (Å²) in [5.74, 6) is 0.525. The zero-order chi connectivity index (χ0) is 20.8. The van der Waals surface area contributed by atoms with Crippen molar-refractivity contribution in [1.29, 1.82) is 5.26 Å². The van der Waals surface area contributed by atoms with Crippen molar-refractivity contribution in [1.82, 2.24) is 25.0 Å². The van der Waals surface area contributed by atoms with Crippen molar-refractivity contribution in [3.8, 4) is 22.9 Å². The number of aromatic nitrogens is 5. The molecular formula is C19H15Cl2N7OS. The van der Waals surface area contributed by atoms with Crippen molar-refractivity contribution < 1.29 is 4.74 Å². The fourth-order valence-electron chi connectivity index (χ4n) is 3.89. The molecule has 1 aliphatic rings. The molecule has 0 atom stereocenters. The highest BCUT2D eigenvalue weighted by molar-refractivity contribution is 7.15. The van der Waals surface area contributed by atoms with Gasteiger partial charge in [0, 0.05) is 42.2 Å². The number of rotatable bonds is 4. The van der Waals surface area contributed by atoms with Crippen LogP contribution in [0.4, 0.5) is 5.13 Å². The Kier molecular flexibility index (Phi) is 4.77. The molecular weight excluding hydrogens is 445 g/mol. The molecule has 0 radical (unpaired) electrons. The van der Waals surface area contributed by atoms with E-state index in [1.54, 1.807) is 23.6 Å². The molecule has 0 aliphatic carbocycles. The lowest BCUT2D eigenvalue weighted by atomic mass is 10.0. The number of nitriles is 1. The summed E-state index contributed by atoms with van der Waals surface area (Å²) in [7, 11) is 0. The summed E-state index contributed by atoms with van der Waals surface area (Å²) in [6.07, 6.45) is 3.60. The van der Waals surface area contributed by atoms with Crippen LogP contribution in [0.5, 0.6) is 5.75 Å². The van der Waals surface area contributed by atoms with Gasteiger partial charge in [-0.25, -0.2) is 0 Å². The smallest absolute Gasteiger partial charge is 0.208 e. The second-order valence-corrected chi connectivity index (χ2v) is 8.77. The van der Waals surface area contributed by atoms with E-state index in [1.807, 2.05) is 19.2 Å². The van der Waals surface area contributed by atoms with Crippen LogP contribution in [0.25, 0.3) is 22.0 Å². The zero-order valence-electron chi connectivity index (χ0n) is 15.8. The van der Waals surface area contributed by atoms with E-state index in [0.29, 0.717) is 28.9 Å². The number of fused-ring (bicyclic) bond motifs is 3. The highest BCUT2D eigenvalue weighted by Gasteiger charge is 2.30. The molecule has 0 unspecified atom stereocenters. The second kappa shape index (κ2) is 7.47. The Labute approximate surface area is 185 Å². The minimum absolute atomic E-state index is 0.0887. The van der Waals surface area contributed by atoms with E-state index in [9.17, 15) is 0 Å². The summed E-state index contributed by atoms with van der Waals surface area (Å²) in [5.41, 5.74) is 3.72. The van der Waals surface area contributed by atoms with E-state index in [4.69, 9.17) is 33.2 Å². The Bertz CT molecular complexity index is 1290. The van der Waals surface area contributed by atoms with Crippen LogP contribution < -0.4 is 9.64 Å². The molecule has 152 valence electrons. The average molecular weight is 460 g/mol. The van der Waals surface area contributed by atoms with Gasteiger partial charge in [0.1, 0.15) is 16.8 Å². The summed E-state index contributed by atoms with van der Waals surface area (Å²) >= 11 is 14.7. The monoisotopic (exact) mass is 459 g/mol. The zero-order valence-corrected chi connectivity index (χ0v) is 18.1. The number of hydrogen-bond donors (Lipinski definition) is 1. The molecule has 1 aliphatic heterocycles. The van der Waals surface area contributed by atoms with E-state index < -0.39 is 0 Å². The van der Waals surface area contributed by atoms with Gasteiger partial charge in [-0.2, -0.15) is 10.4 Å². The van der Waals surface area contributed by atoms with Crippen LogP contribution in [0.1, 0.15) is 10.7 Å². The Hall–Kier alpha value is -2.80. The molecule has 3 aromatic heterocycles. The average Bonchev–Trinajstić information content (AvgIpc) is 3.47. The molecule has 1 N–H and O–H groups in total. The first-order valence-electron chi connectivity index (χ1n) is 9.15. The number of halogens is 2. The first kappa shape index (κ1) is 19.2. The van der Waals surface area contributed by atoms with Crippen LogP contribution in [-0.2, 0) is 13.1 Å². The van der Waals surface area contributed by atoms with Crippen molar-refractivity contribution in [3.63, 3.8) is 0 Å². The van der Waals surface area contributed by atoms with E-state index in [1.165, 1.54) is 0 Å². The highest BCUT2D eigenvalue weighted by Crippen LogP contribution is 2.47. The van der Waals surface area contributed by atoms with Crippen LogP contribution in [0.15, 0.2) is 18.5 Å². The molecule has 0 bridgehead atoms. The minimum atomic E-state index is -0.0887. The van der Waals surface area contributed by atoms with Gasteiger partial charge in [-0.05, 0) is 6.92 Å². The van der Waals surface area contributed by atoms with E-state index in [-0.39, 0.29) is 6.61 Å². The highest BCUT2D eigenvalue weighted by atomic mass is 35.5. The van der Waals surface area contributed by atoms with Crippen LogP contribution in [-0.4, -0.2) is 38.1 Å². The van der Waals surface area contributed by atoms with Crippen molar-refractivity contribution >= 4 is 50.6 Å². The maximum atomic E-state index is 9.03. The maximum Gasteiger partial charge on any atom is 0.208 e. The number of nitrogens with zero attached hydrogens (tertiary/aromatic N) is 6. The van der Waals surface area contributed by atoms with E-state index in [0.717, 1.165) is 44.4 Å². The molecule has 0 amide bonds. The predicted octanol–water partition coefficient (Wildman–Crippen LogP) is 4.42. The number of benzene rings is 1. The van der Waals surface area contributed by atoms with Gasteiger partial charge in [-0.1, -0.05) is 34.5 Å². The van der Waals surface area contributed by atoms with Crippen LogP contribution in [0, 0.1) is 18.3 Å². The fraction of sp³-hybridized carbons (Fsp3) is 0.263. The van der Waals surface area contributed by atoms with Crippen LogP contribution >= 0.6 is 34.5 Å². The van der Waals surface area contributed by atoms with Gasteiger partial charge in [-0.3, -0.25) is 5.10 Å². The number of H-pyrrole nitrogens is 1. The van der Waals surface area contributed by atoms with Gasteiger partial charge in [-0.15, -0.1) is 10.2 Å². The molecule has 0 fully saturated rings. The lowest BCUT2D eigenvalue weighted by molar-refractivity contribution is 0.372. The first-order valence-corrected chi connectivity index (χ1v) is 10.7. The standard InChI is InChI=1S/C19H15Cl2N7OS/c1-10-25-26-19(30-10)27-3-4-28-13(9-27)15(11-7-23-24-8-11)16-14(29-5-2-22)6-12(20)17(21)18(16)28/h6-8H,3-5,9H2,1H3,(H,23,24). The number of hydrogen-bond acceptors (Lipinski definition) is 7. The quantitative estimate of drug-likeness (QED) is 0.485. The molecule has 0 saturated carbocycles. The molecule has 0 saturated heterocycles. The normalized spacial score (nSPS) is 13.5. The predicted molar refractivity (Wildman–Crippen MR) is 116 cm³/mol. The number of aryl methyl sites for hydroxylation is 1.